The van der Waals surface area contributed by atoms with Gasteiger partial charge in [0.25, 0.3) is 0 Å². The molecule has 0 unspecified atom stereocenters. The molecule has 0 atom stereocenters. The Bertz CT molecular complexity index is 826. The summed E-state index contributed by atoms with van der Waals surface area (Å²) < 4.78 is 22.5. The van der Waals surface area contributed by atoms with E-state index in [4.69, 9.17) is 16.7 Å². The van der Waals surface area contributed by atoms with Crippen molar-refractivity contribution < 1.29 is 8.42 Å². The zero-order valence-corrected chi connectivity index (χ0v) is 17.5. The number of nitrogens with zero attached hydrogens (tertiary/aromatic N) is 1. The number of benzene rings is 2. The van der Waals surface area contributed by atoms with Crippen molar-refractivity contribution in [3.05, 3.63) is 64.7 Å². The van der Waals surface area contributed by atoms with Crippen LogP contribution in [0.15, 0.2) is 58.4 Å². The molecule has 0 amide bonds. The number of hydrogen-bond donors (Lipinski definition) is 3. The van der Waals surface area contributed by atoms with Crippen molar-refractivity contribution in [1.29, 1.82) is 0 Å². The molecule has 0 aliphatic carbocycles. The molecule has 0 heterocycles. The SMILES string of the molecule is CN=C(NCc1ccc(S(N)(=O)=O)cc1)NCc1ccccc1Cl.I. The minimum Gasteiger partial charge on any atom is -0.352 e. The summed E-state index contributed by atoms with van der Waals surface area (Å²) in [5, 5.41) is 12.1. The summed E-state index contributed by atoms with van der Waals surface area (Å²) in [6, 6.07) is 13.9. The zero-order valence-electron chi connectivity index (χ0n) is 13.6. The van der Waals surface area contributed by atoms with Crippen LogP contribution in [0.2, 0.25) is 5.02 Å². The van der Waals surface area contributed by atoms with E-state index in [1.807, 2.05) is 24.3 Å². The van der Waals surface area contributed by atoms with Crippen molar-refractivity contribution in [2.75, 3.05) is 7.05 Å². The van der Waals surface area contributed by atoms with Crippen LogP contribution < -0.4 is 15.8 Å². The number of sulfonamides is 1. The van der Waals surface area contributed by atoms with E-state index in [0.29, 0.717) is 24.1 Å². The first-order valence-corrected chi connectivity index (χ1v) is 9.12. The number of hydrogen-bond acceptors (Lipinski definition) is 3. The zero-order chi connectivity index (χ0) is 17.6. The highest BCUT2D eigenvalue weighted by Gasteiger charge is 2.07. The Morgan fingerprint density at radius 3 is 2.24 bits per heavy atom. The Hall–Kier alpha value is -1.36. The Morgan fingerprint density at radius 2 is 1.68 bits per heavy atom. The van der Waals surface area contributed by atoms with Gasteiger partial charge in [-0.25, -0.2) is 13.6 Å². The molecule has 4 N–H and O–H groups in total. The van der Waals surface area contributed by atoms with Crippen molar-refractivity contribution in [1.82, 2.24) is 10.6 Å². The third kappa shape index (κ3) is 6.81. The first-order chi connectivity index (χ1) is 11.4. The summed E-state index contributed by atoms with van der Waals surface area (Å²) in [7, 11) is -2.00. The largest absolute Gasteiger partial charge is 0.352 e. The standard InChI is InChI=1S/C16H19ClN4O2S.HI/c1-19-16(21-11-13-4-2-3-5-15(13)17)20-10-12-6-8-14(9-7-12)24(18,22)23;/h2-9H,10-11H2,1H3,(H2,18,22,23)(H2,19,20,21);1H. The molecule has 0 radical (unpaired) electrons. The van der Waals surface area contributed by atoms with Crippen LogP contribution in [0.4, 0.5) is 0 Å². The fraction of sp³-hybridized carbons (Fsp3) is 0.188. The third-order valence-corrected chi connectivity index (χ3v) is 4.64. The molecule has 0 aromatic heterocycles. The summed E-state index contributed by atoms with van der Waals surface area (Å²) in [6.07, 6.45) is 0. The number of nitrogens with two attached hydrogens (primary N) is 1. The molecule has 0 aliphatic rings. The second-order valence-electron chi connectivity index (χ2n) is 5.06. The second-order valence-corrected chi connectivity index (χ2v) is 7.03. The fourth-order valence-electron chi connectivity index (χ4n) is 2.02. The summed E-state index contributed by atoms with van der Waals surface area (Å²) in [6.45, 7) is 1.04. The van der Waals surface area contributed by atoms with Gasteiger partial charge in [-0.1, -0.05) is 41.9 Å². The Labute approximate surface area is 169 Å². The minimum absolute atomic E-state index is 0. The smallest absolute Gasteiger partial charge is 0.238 e. The van der Waals surface area contributed by atoms with E-state index in [2.05, 4.69) is 15.6 Å². The lowest BCUT2D eigenvalue weighted by molar-refractivity contribution is 0.597. The van der Waals surface area contributed by atoms with Gasteiger partial charge >= 0.3 is 0 Å². The van der Waals surface area contributed by atoms with Crippen LogP contribution in [0, 0.1) is 0 Å². The summed E-state index contributed by atoms with van der Waals surface area (Å²) in [5.74, 6) is 0.616. The van der Waals surface area contributed by atoms with Crippen molar-refractivity contribution in [3.8, 4) is 0 Å². The number of rotatable bonds is 5. The molecule has 0 saturated heterocycles. The van der Waals surface area contributed by atoms with E-state index in [1.165, 1.54) is 12.1 Å². The van der Waals surface area contributed by atoms with E-state index >= 15 is 0 Å². The van der Waals surface area contributed by atoms with Crippen molar-refractivity contribution in [2.45, 2.75) is 18.0 Å². The lowest BCUT2D eigenvalue weighted by Gasteiger charge is -2.13. The quantitative estimate of drug-likeness (QED) is 0.338. The van der Waals surface area contributed by atoms with E-state index in [0.717, 1.165) is 11.1 Å². The van der Waals surface area contributed by atoms with Gasteiger partial charge in [0.15, 0.2) is 5.96 Å². The van der Waals surface area contributed by atoms with E-state index < -0.39 is 10.0 Å². The van der Waals surface area contributed by atoms with Crippen molar-refractivity contribution in [2.24, 2.45) is 10.1 Å². The Kier molecular flexibility index (Phi) is 8.63. The topological polar surface area (TPSA) is 96.6 Å². The van der Waals surface area contributed by atoms with Crippen molar-refractivity contribution >= 4 is 51.6 Å². The third-order valence-electron chi connectivity index (χ3n) is 3.34. The van der Waals surface area contributed by atoms with Gasteiger partial charge in [-0.15, -0.1) is 24.0 Å². The van der Waals surface area contributed by atoms with E-state index in [-0.39, 0.29) is 28.9 Å². The predicted molar refractivity (Wildman–Crippen MR) is 112 cm³/mol. The fourth-order valence-corrected chi connectivity index (χ4v) is 2.74. The van der Waals surface area contributed by atoms with Gasteiger partial charge in [-0.05, 0) is 29.3 Å². The van der Waals surface area contributed by atoms with E-state index in [1.54, 1.807) is 19.2 Å². The van der Waals surface area contributed by atoms with Gasteiger partial charge < -0.3 is 10.6 Å². The summed E-state index contributed by atoms with van der Waals surface area (Å²) >= 11 is 6.12. The highest BCUT2D eigenvalue weighted by Crippen LogP contribution is 2.14. The molecular weight excluding hydrogens is 475 g/mol. The Morgan fingerprint density at radius 1 is 1.08 bits per heavy atom. The van der Waals surface area contributed by atoms with Gasteiger partial charge in [0.1, 0.15) is 0 Å². The first-order valence-electron chi connectivity index (χ1n) is 7.20. The number of nitrogens with one attached hydrogen (secondary N) is 2. The molecule has 9 heteroatoms. The number of aliphatic imine (C=N–C) groups is 1. The number of primary sulfonamides is 1. The molecule has 2 rings (SSSR count). The second kappa shape index (κ2) is 9.95. The average molecular weight is 495 g/mol. The van der Waals surface area contributed by atoms with Crippen LogP contribution in [0.5, 0.6) is 0 Å². The Balaban J connectivity index is 0.00000312. The van der Waals surface area contributed by atoms with Crippen LogP contribution in [0.25, 0.3) is 0 Å². The van der Waals surface area contributed by atoms with Crippen molar-refractivity contribution in [3.63, 3.8) is 0 Å². The maximum Gasteiger partial charge on any atom is 0.238 e. The van der Waals surface area contributed by atoms with Crippen LogP contribution in [-0.4, -0.2) is 21.4 Å². The van der Waals surface area contributed by atoms with Crippen LogP contribution >= 0.6 is 35.6 Å². The molecular formula is C16H20ClIN4O2S. The molecule has 0 saturated carbocycles. The average Bonchev–Trinajstić information content (AvgIpc) is 2.56. The maximum absolute atomic E-state index is 11.2. The van der Waals surface area contributed by atoms with Gasteiger partial charge in [-0.3, -0.25) is 4.99 Å². The van der Waals surface area contributed by atoms with Crippen LogP contribution in [-0.2, 0) is 23.1 Å². The van der Waals surface area contributed by atoms with Crippen LogP contribution in [0.3, 0.4) is 0 Å². The highest BCUT2D eigenvalue weighted by molar-refractivity contribution is 14.0. The van der Waals surface area contributed by atoms with Gasteiger partial charge in [0.2, 0.25) is 10.0 Å². The van der Waals surface area contributed by atoms with Crippen LogP contribution in [0.1, 0.15) is 11.1 Å². The lowest BCUT2D eigenvalue weighted by atomic mass is 10.2. The van der Waals surface area contributed by atoms with Gasteiger partial charge in [0, 0.05) is 25.2 Å². The lowest BCUT2D eigenvalue weighted by Crippen LogP contribution is -2.36. The molecule has 0 aliphatic heterocycles. The molecule has 0 bridgehead atoms. The monoisotopic (exact) mass is 494 g/mol. The molecule has 6 nitrogen and oxygen atoms in total. The normalized spacial score (nSPS) is 11.6. The molecule has 136 valence electrons. The predicted octanol–water partition coefficient (Wildman–Crippen LogP) is 2.47. The molecule has 0 spiro atoms. The molecule has 0 fully saturated rings. The minimum atomic E-state index is -3.67. The van der Waals surface area contributed by atoms with Gasteiger partial charge in [0.05, 0.1) is 4.90 Å². The highest BCUT2D eigenvalue weighted by atomic mass is 127. The summed E-state index contributed by atoms with van der Waals surface area (Å²) in [4.78, 5) is 4.23. The molecule has 2 aromatic carbocycles. The number of halogens is 2. The van der Waals surface area contributed by atoms with Gasteiger partial charge in [-0.2, -0.15) is 0 Å². The van der Waals surface area contributed by atoms with E-state index in [9.17, 15) is 8.42 Å². The summed E-state index contributed by atoms with van der Waals surface area (Å²) in [5.41, 5.74) is 1.88. The molecule has 2 aromatic rings. The maximum atomic E-state index is 11.2. The molecule has 25 heavy (non-hydrogen) atoms. The number of guanidine groups is 1. The first kappa shape index (κ1) is 21.7.